The summed E-state index contributed by atoms with van der Waals surface area (Å²) in [5.74, 6) is -0.603. The van der Waals surface area contributed by atoms with Gasteiger partial charge in [0.2, 0.25) is 0 Å². The highest BCUT2D eigenvalue weighted by Crippen LogP contribution is 2.41. The molecule has 0 unspecified atom stereocenters. The number of aliphatic hydroxyl groups is 1. The van der Waals surface area contributed by atoms with Crippen LogP contribution in [0.5, 0.6) is 0 Å². The number of nitrogens with zero attached hydrogens (tertiary/aromatic N) is 3. The lowest BCUT2D eigenvalue weighted by atomic mass is 10.2. The standard InChI is InChI=1S/C13H13F3N4O2/c14-13(15,16)10-5-8(7-1-2-7)18-11-6-9(19-20(10)11)12(22)17-3-4-21/h5-7,21H,1-4H2,(H,17,22). The van der Waals surface area contributed by atoms with Crippen LogP contribution < -0.4 is 5.32 Å². The Bertz CT molecular complexity index is 722. The largest absolute Gasteiger partial charge is 0.433 e. The van der Waals surface area contributed by atoms with Crippen molar-refractivity contribution in [3.05, 3.63) is 29.2 Å². The van der Waals surface area contributed by atoms with Gasteiger partial charge >= 0.3 is 6.18 Å². The molecule has 2 N–H and O–H groups in total. The van der Waals surface area contributed by atoms with Crippen LogP contribution in [0.3, 0.4) is 0 Å². The van der Waals surface area contributed by atoms with Gasteiger partial charge in [-0.1, -0.05) is 0 Å². The van der Waals surface area contributed by atoms with Gasteiger partial charge in [0.15, 0.2) is 11.3 Å². The third kappa shape index (κ3) is 2.76. The van der Waals surface area contributed by atoms with E-state index in [-0.39, 0.29) is 30.4 Å². The summed E-state index contributed by atoms with van der Waals surface area (Å²) in [4.78, 5) is 15.9. The van der Waals surface area contributed by atoms with Crippen LogP contribution in [-0.4, -0.2) is 38.8 Å². The number of carbonyl (C=O) groups excluding carboxylic acids is 1. The smallest absolute Gasteiger partial charge is 0.395 e. The number of rotatable bonds is 4. The zero-order chi connectivity index (χ0) is 15.9. The number of amides is 1. The van der Waals surface area contributed by atoms with Gasteiger partial charge in [0.05, 0.1) is 6.61 Å². The average Bonchev–Trinajstić information content (AvgIpc) is 3.21. The van der Waals surface area contributed by atoms with E-state index in [0.717, 1.165) is 18.9 Å². The Morgan fingerprint density at radius 1 is 1.41 bits per heavy atom. The lowest BCUT2D eigenvalue weighted by molar-refractivity contribution is -0.142. The van der Waals surface area contributed by atoms with Gasteiger partial charge in [0.1, 0.15) is 5.69 Å². The summed E-state index contributed by atoms with van der Waals surface area (Å²) in [6, 6.07) is 2.21. The average molecular weight is 314 g/mol. The molecule has 2 heterocycles. The lowest BCUT2D eigenvalue weighted by Crippen LogP contribution is -2.26. The van der Waals surface area contributed by atoms with Crippen molar-refractivity contribution in [3.8, 4) is 0 Å². The third-order valence-corrected chi connectivity index (χ3v) is 3.36. The fourth-order valence-electron chi connectivity index (χ4n) is 2.16. The van der Waals surface area contributed by atoms with Gasteiger partial charge in [-0.3, -0.25) is 4.79 Å². The summed E-state index contributed by atoms with van der Waals surface area (Å²) < 4.78 is 40.2. The fraction of sp³-hybridized carbons (Fsp3) is 0.462. The van der Waals surface area contributed by atoms with Crippen LogP contribution in [0, 0.1) is 0 Å². The fourth-order valence-corrected chi connectivity index (χ4v) is 2.16. The zero-order valence-electron chi connectivity index (χ0n) is 11.4. The Balaban J connectivity index is 2.07. The molecule has 118 valence electrons. The molecule has 3 rings (SSSR count). The van der Waals surface area contributed by atoms with E-state index in [1.807, 2.05) is 0 Å². The number of aromatic nitrogens is 3. The van der Waals surface area contributed by atoms with Crippen molar-refractivity contribution in [1.29, 1.82) is 0 Å². The number of hydrogen-bond acceptors (Lipinski definition) is 4. The number of fused-ring (bicyclic) bond motifs is 1. The van der Waals surface area contributed by atoms with E-state index in [9.17, 15) is 18.0 Å². The van der Waals surface area contributed by atoms with E-state index in [1.54, 1.807) is 0 Å². The maximum Gasteiger partial charge on any atom is 0.433 e. The van der Waals surface area contributed by atoms with Crippen molar-refractivity contribution in [1.82, 2.24) is 19.9 Å². The van der Waals surface area contributed by atoms with E-state index in [0.29, 0.717) is 10.2 Å². The quantitative estimate of drug-likeness (QED) is 0.893. The molecule has 0 bridgehead atoms. The Hall–Kier alpha value is -2.16. The van der Waals surface area contributed by atoms with Crippen molar-refractivity contribution in [2.24, 2.45) is 0 Å². The number of aliphatic hydroxyl groups excluding tert-OH is 1. The molecule has 1 fully saturated rings. The van der Waals surface area contributed by atoms with Gasteiger partial charge in [-0.2, -0.15) is 18.3 Å². The zero-order valence-corrected chi connectivity index (χ0v) is 11.4. The molecular weight excluding hydrogens is 301 g/mol. The minimum Gasteiger partial charge on any atom is -0.395 e. The molecular formula is C13H13F3N4O2. The van der Waals surface area contributed by atoms with Crippen molar-refractivity contribution >= 4 is 11.6 Å². The number of halogens is 3. The second kappa shape index (κ2) is 5.24. The Morgan fingerprint density at radius 2 is 2.14 bits per heavy atom. The summed E-state index contributed by atoms with van der Waals surface area (Å²) in [6.45, 7) is -0.267. The lowest BCUT2D eigenvalue weighted by Gasteiger charge is -2.10. The minimum absolute atomic E-state index is 0.000411. The molecule has 0 aromatic carbocycles. The molecule has 2 aromatic heterocycles. The van der Waals surface area contributed by atoms with E-state index < -0.39 is 17.8 Å². The molecule has 9 heteroatoms. The number of hydrogen-bond donors (Lipinski definition) is 2. The Morgan fingerprint density at radius 3 is 2.73 bits per heavy atom. The van der Waals surface area contributed by atoms with Crippen molar-refractivity contribution in [3.63, 3.8) is 0 Å². The van der Waals surface area contributed by atoms with Gasteiger partial charge in [0.25, 0.3) is 5.91 Å². The van der Waals surface area contributed by atoms with E-state index in [2.05, 4.69) is 15.4 Å². The molecule has 1 aliphatic carbocycles. The van der Waals surface area contributed by atoms with Gasteiger partial charge in [-0.25, -0.2) is 9.50 Å². The molecule has 2 aromatic rings. The Labute approximate surface area is 123 Å². The first-order chi connectivity index (χ1) is 10.4. The highest BCUT2D eigenvalue weighted by atomic mass is 19.4. The summed E-state index contributed by atoms with van der Waals surface area (Å²) in [5.41, 5.74) is -0.743. The van der Waals surface area contributed by atoms with Crippen LogP contribution in [0.15, 0.2) is 12.1 Å². The summed E-state index contributed by atoms with van der Waals surface area (Å²) >= 11 is 0. The summed E-state index contributed by atoms with van der Waals surface area (Å²) in [6.07, 6.45) is -2.95. The molecule has 0 aliphatic heterocycles. The molecule has 22 heavy (non-hydrogen) atoms. The predicted octanol–water partition coefficient (Wildman–Crippen LogP) is 1.35. The third-order valence-electron chi connectivity index (χ3n) is 3.36. The van der Waals surface area contributed by atoms with Crippen LogP contribution in [0.4, 0.5) is 13.2 Å². The van der Waals surface area contributed by atoms with E-state index >= 15 is 0 Å². The maximum atomic E-state index is 13.2. The van der Waals surface area contributed by atoms with Crippen molar-refractivity contribution in [2.75, 3.05) is 13.2 Å². The van der Waals surface area contributed by atoms with Gasteiger partial charge in [0, 0.05) is 24.2 Å². The second-order valence-electron chi connectivity index (χ2n) is 5.12. The van der Waals surface area contributed by atoms with Crippen LogP contribution in [0.1, 0.15) is 40.6 Å². The number of carbonyl (C=O) groups is 1. The van der Waals surface area contributed by atoms with Crippen LogP contribution in [-0.2, 0) is 6.18 Å². The summed E-state index contributed by atoms with van der Waals surface area (Å²) in [5, 5.41) is 14.7. The maximum absolute atomic E-state index is 13.2. The molecule has 0 radical (unpaired) electrons. The molecule has 0 atom stereocenters. The molecule has 0 saturated heterocycles. The first-order valence-electron chi connectivity index (χ1n) is 6.77. The predicted molar refractivity (Wildman–Crippen MR) is 69.4 cm³/mol. The number of alkyl halides is 3. The monoisotopic (exact) mass is 314 g/mol. The molecule has 1 saturated carbocycles. The van der Waals surface area contributed by atoms with Crippen LogP contribution in [0.25, 0.3) is 5.65 Å². The van der Waals surface area contributed by atoms with E-state index in [4.69, 9.17) is 5.11 Å². The van der Waals surface area contributed by atoms with Crippen molar-refractivity contribution < 1.29 is 23.1 Å². The minimum atomic E-state index is -4.59. The SMILES string of the molecule is O=C(NCCO)c1cc2nc(C3CC3)cc(C(F)(F)F)n2n1. The highest BCUT2D eigenvalue weighted by molar-refractivity contribution is 5.93. The van der Waals surface area contributed by atoms with Crippen molar-refractivity contribution in [2.45, 2.75) is 24.9 Å². The topological polar surface area (TPSA) is 79.5 Å². The van der Waals surface area contributed by atoms with Gasteiger partial charge < -0.3 is 10.4 Å². The molecule has 6 nitrogen and oxygen atoms in total. The summed E-state index contributed by atoms with van der Waals surface area (Å²) in [7, 11) is 0. The molecule has 1 amide bonds. The van der Waals surface area contributed by atoms with Gasteiger partial charge in [-0.15, -0.1) is 0 Å². The second-order valence-corrected chi connectivity index (χ2v) is 5.12. The van der Waals surface area contributed by atoms with Gasteiger partial charge in [-0.05, 0) is 18.9 Å². The van der Waals surface area contributed by atoms with Crippen LogP contribution in [0.2, 0.25) is 0 Å². The molecule has 0 spiro atoms. The number of nitrogens with one attached hydrogen (secondary N) is 1. The molecule has 1 aliphatic rings. The first kappa shape index (κ1) is 14.8. The first-order valence-corrected chi connectivity index (χ1v) is 6.77. The highest BCUT2D eigenvalue weighted by Gasteiger charge is 2.37. The normalized spacial score (nSPS) is 15.3. The van der Waals surface area contributed by atoms with Crippen LogP contribution >= 0.6 is 0 Å². The Kier molecular flexibility index (Phi) is 3.51. The van der Waals surface area contributed by atoms with E-state index in [1.165, 1.54) is 6.07 Å².